The molecule has 0 saturated carbocycles. The van der Waals surface area contributed by atoms with Crippen molar-refractivity contribution in [2.45, 2.75) is 52.2 Å². The summed E-state index contributed by atoms with van der Waals surface area (Å²) in [6, 6.07) is 17.7. The molecular formula is C32H38N2O8. The van der Waals surface area contributed by atoms with Crippen molar-refractivity contribution in [3.8, 4) is 17.2 Å². The SMILES string of the molecule is COc1ccnc(C(=O)N[C@H]2COCC(CCc3ccccc3)CC(C)OC2=O)c1OC(C)=O.Cc1ccc(O)cc1. The topological polar surface area (TPSA) is 133 Å². The van der Waals surface area contributed by atoms with Gasteiger partial charge in [0, 0.05) is 25.8 Å². The van der Waals surface area contributed by atoms with Crippen LogP contribution in [0, 0.1) is 12.8 Å². The third kappa shape index (κ3) is 10.2. The number of esters is 2. The Kier molecular flexibility index (Phi) is 12.3. The minimum Gasteiger partial charge on any atom is -0.508 e. The maximum Gasteiger partial charge on any atom is 0.331 e. The lowest BCUT2D eigenvalue weighted by Crippen LogP contribution is -2.45. The average molecular weight is 579 g/mol. The molecule has 1 aliphatic rings. The lowest BCUT2D eigenvalue weighted by Gasteiger charge is -2.20. The van der Waals surface area contributed by atoms with Gasteiger partial charge in [0.15, 0.2) is 17.5 Å². The Labute approximate surface area is 246 Å². The zero-order valence-corrected chi connectivity index (χ0v) is 24.4. The number of phenols is 1. The number of aromatic hydroxyl groups is 1. The molecule has 224 valence electrons. The van der Waals surface area contributed by atoms with E-state index in [2.05, 4.69) is 22.4 Å². The molecule has 3 aromatic rings. The first-order valence-corrected chi connectivity index (χ1v) is 13.8. The molecule has 4 rings (SSSR count). The molecule has 10 nitrogen and oxygen atoms in total. The second kappa shape index (κ2) is 16.1. The van der Waals surface area contributed by atoms with E-state index in [1.165, 1.54) is 37.4 Å². The highest BCUT2D eigenvalue weighted by Gasteiger charge is 2.30. The van der Waals surface area contributed by atoms with Crippen LogP contribution in [-0.4, -0.2) is 60.4 Å². The molecule has 10 heteroatoms. The Hall–Kier alpha value is -4.44. The van der Waals surface area contributed by atoms with Gasteiger partial charge in [-0.2, -0.15) is 0 Å². The second-order valence-electron chi connectivity index (χ2n) is 10.1. The van der Waals surface area contributed by atoms with E-state index in [1.807, 2.05) is 44.2 Å². The van der Waals surface area contributed by atoms with Gasteiger partial charge in [0.2, 0.25) is 5.75 Å². The van der Waals surface area contributed by atoms with Gasteiger partial charge in [0.1, 0.15) is 5.75 Å². The van der Waals surface area contributed by atoms with Crippen molar-refractivity contribution in [1.82, 2.24) is 10.3 Å². The number of amides is 1. The second-order valence-corrected chi connectivity index (χ2v) is 10.1. The maximum absolute atomic E-state index is 12.9. The van der Waals surface area contributed by atoms with Crippen LogP contribution in [0.4, 0.5) is 0 Å². The molecule has 0 spiro atoms. The van der Waals surface area contributed by atoms with Gasteiger partial charge in [-0.15, -0.1) is 0 Å². The summed E-state index contributed by atoms with van der Waals surface area (Å²) >= 11 is 0. The highest BCUT2D eigenvalue weighted by atomic mass is 16.6. The molecular weight excluding hydrogens is 540 g/mol. The summed E-state index contributed by atoms with van der Waals surface area (Å²) in [7, 11) is 1.38. The fourth-order valence-electron chi connectivity index (χ4n) is 4.37. The normalized spacial score (nSPS) is 18.6. The van der Waals surface area contributed by atoms with Crippen LogP contribution in [0.5, 0.6) is 17.2 Å². The molecule has 1 aromatic heterocycles. The van der Waals surface area contributed by atoms with Crippen molar-refractivity contribution in [1.29, 1.82) is 0 Å². The van der Waals surface area contributed by atoms with Crippen molar-refractivity contribution in [3.63, 3.8) is 0 Å². The Balaban J connectivity index is 0.000000521. The molecule has 2 N–H and O–H groups in total. The lowest BCUT2D eigenvalue weighted by atomic mass is 9.95. The first kappa shape index (κ1) is 32.1. The number of hydrogen-bond donors (Lipinski definition) is 2. The standard InChI is InChI=1S/C25H30N2O7.C7H8O/c1-16-13-19(10-9-18-7-5-4-6-8-18)14-32-15-20(25(30)33-16)27-24(29)22-23(34-17(2)28)21(31-3)11-12-26-22;1-6-2-4-7(8)5-3-6/h4-8,11-12,16,19-20H,9-10,13-15H2,1-3H3,(H,27,29);2-5,8H,1H3/t16?,19?,20-;/m0./s1. The molecule has 42 heavy (non-hydrogen) atoms. The molecule has 2 heterocycles. The Morgan fingerprint density at radius 1 is 1.07 bits per heavy atom. The molecule has 1 amide bonds. The number of cyclic esters (lactones) is 1. The number of nitrogens with zero attached hydrogens (tertiary/aromatic N) is 1. The number of pyridine rings is 1. The number of aryl methyl sites for hydroxylation is 2. The number of hydrogen-bond acceptors (Lipinski definition) is 9. The van der Waals surface area contributed by atoms with Gasteiger partial charge in [-0.05, 0) is 56.7 Å². The van der Waals surface area contributed by atoms with Gasteiger partial charge in [-0.3, -0.25) is 9.59 Å². The monoisotopic (exact) mass is 578 g/mol. The smallest absolute Gasteiger partial charge is 0.331 e. The van der Waals surface area contributed by atoms with E-state index in [9.17, 15) is 14.4 Å². The number of nitrogens with one attached hydrogen (secondary N) is 1. The van der Waals surface area contributed by atoms with Gasteiger partial charge < -0.3 is 29.4 Å². The third-order valence-electron chi connectivity index (χ3n) is 6.48. The van der Waals surface area contributed by atoms with E-state index < -0.39 is 23.9 Å². The largest absolute Gasteiger partial charge is 0.508 e. The number of carbonyl (C=O) groups is 3. The molecule has 2 unspecified atom stereocenters. The number of aromatic nitrogens is 1. The number of phenolic OH excluding ortho intramolecular Hbond substituents is 1. The van der Waals surface area contributed by atoms with E-state index in [0.29, 0.717) is 18.8 Å². The summed E-state index contributed by atoms with van der Waals surface area (Å²) < 4.78 is 21.7. The predicted octanol–water partition coefficient (Wildman–Crippen LogP) is 4.42. The van der Waals surface area contributed by atoms with Crippen LogP contribution < -0.4 is 14.8 Å². The van der Waals surface area contributed by atoms with Crippen LogP contribution in [0.15, 0.2) is 66.9 Å². The average Bonchev–Trinajstić information content (AvgIpc) is 3.03. The predicted molar refractivity (Wildman–Crippen MR) is 155 cm³/mol. The van der Waals surface area contributed by atoms with Crippen molar-refractivity contribution >= 4 is 17.8 Å². The van der Waals surface area contributed by atoms with Gasteiger partial charge in [0.25, 0.3) is 5.91 Å². The number of rotatable bonds is 7. The maximum atomic E-state index is 12.9. The van der Waals surface area contributed by atoms with E-state index in [0.717, 1.165) is 12.8 Å². The molecule has 1 saturated heterocycles. The summed E-state index contributed by atoms with van der Waals surface area (Å²) in [5.74, 6) is -1.38. The van der Waals surface area contributed by atoms with Crippen molar-refractivity contribution in [2.75, 3.05) is 20.3 Å². The minimum atomic E-state index is -1.04. The fourth-order valence-corrected chi connectivity index (χ4v) is 4.37. The first-order chi connectivity index (χ1) is 20.2. The highest BCUT2D eigenvalue weighted by molar-refractivity contribution is 5.98. The molecule has 2 aromatic carbocycles. The van der Waals surface area contributed by atoms with Crippen LogP contribution in [0.2, 0.25) is 0 Å². The van der Waals surface area contributed by atoms with Crippen LogP contribution in [-0.2, 0) is 25.5 Å². The van der Waals surface area contributed by atoms with Crippen molar-refractivity contribution < 1.29 is 38.4 Å². The summed E-state index contributed by atoms with van der Waals surface area (Å²) in [6.45, 7) is 5.41. The number of ether oxygens (including phenoxy) is 4. The molecule has 3 atom stereocenters. The molecule has 1 fully saturated rings. The first-order valence-electron chi connectivity index (χ1n) is 13.8. The van der Waals surface area contributed by atoms with Crippen LogP contribution in [0.3, 0.4) is 0 Å². The van der Waals surface area contributed by atoms with E-state index >= 15 is 0 Å². The van der Waals surface area contributed by atoms with Crippen molar-refractivity contribution in [2.24, 2.45) is 5.92 Å². The Bertz CT molecular complexity index is 1290. The quantitative estimate of drug-likeness (QED) is 0.391. The molecule has 1 aliphatic heterocycles. The third-order valence-corrected chi connectivity index (χ3v) is 6.48. The highest BCUT2D eigenvalue weighted by Crippen LogP contribution is 2.30. The summed E-state index contributed by atoms with van der Waals surface area (Å²) in [5, 5.41) is 11.3. The summed E-state index contributed by atoms with van der Waals surface area (Å²) in [4.78, 5) is 41.2. The molecule has 0 aliphatic carbocycles. The zero-order valence-electron chi connectivity index (χ0n) is 24.4. The van der Waals surface area contributed by atoms with E-state index in [4.69, 9.17) is 24.1 Å². The van der Waals surface area contributed by atoms with E-state index in [1.54, 1.807) is 12.1 Å². The number of methoxy groups -OCH3 is 1. The van der Waals surface area contributed by atoms with Gasteiger partial charge >= 0.3 is 11.9 Å². The fraction of sp³-hybridized carbons (Fsp3) is 0.375. The minimum absolute atomic E-state index is 0.0496. The molecule has 0 radical (unpaired) electrons. The lowest BCUT2D eigenvalue weighted by molar-refractivity contribution is -0.151. The zero-order chi connectivity index (χ0) is 30.5. The van der Waals surface area contributed by atoms with Crippen LogP contribution >= 0.6 is 0 Å². The Morgan fingerprint density at radius 2 is 1.79 bits per heavy atom. The van der Waals surface area contributed by atoms with Gasteiger partial charge in [-0.1, -0.05) is 48.0 Å². The summed E-state index contributed by atoms with van der Waals surface area (Å²) in [5.41, 5.74) is 2.23. The van der Waals surface area contributed by atoms with Crippen LogP contribution in [0.1, 0.15) is 48.3 Å². The summed E-state index contributed by atoms with van der Waals surface area (Å²) in [6.07, 6.45) is 3.46. The molecule has 0 bridgehead atoms. The number of carbonyl (C=O) groups excluding carboxylic acids is 3. The van der Waals surface area contributed by atoms with Gasteiger partial charge in [-0.25, -0.2) is 9.78 Å². The van der Waals surface area contributed by atoms with Crippen LogP contribution in [0.25, 0.3) is 0 Å². The van der Waals surface area contributed by atoms with E-state index in [-0.39, 0.29) is 35.8 Å². The Morgan fingerprint density at radius 3 is 2.43 bits per heavy atom. The van der Waals surface area contributed by atoms with Crippen molar-refractivity contribution in [3.05, 3.63) is 83.7 Å². The number of benzene rings is 2. The van der Waals surface area contributed by atoms with Gasteiger partial charge in [0.05, 0.1) is 19.8 Å².